The fourth-order valence-electron chi connectivity index (χ4n) is 4.13. The topological polar surface area (TPSA) is 109 Å². The van der Waals surface area contributed by atoms with Gasteiger partial charge in [-0.05, 0) is 57.4 Å². The van der Waals surface area contributed by atoms with E-state index >= 15 is 0 Å². The minimum atomic E-state index is 0.209. The molecule has 10 heteroatoms. The van der Waals surface area contributed by atoms with Crippen LogP contribution in [0.4, 0.5) is 11.5 Å². The van der Waals surface area contributed by atoms with Crippen molar-refractivity contribution < 1.29 is 4.79 Å². The highest BCUT2D eigenvalue weighted by Crippen LogP contribution is 2.44. The number of thioether (sulfide) groups is 1. The molecule has 1 fully saturated rings. The lowest BCUT2D eigenvalue weighted by atomic mass is 10.1. The van der Waals surface area contributed by atoms with Gasteiger partial charge < -0.3 is 10.2 Å². The van der Waals surface area contributed by atoms with Crippen molar-refractivity contribution in [3.63, 3.8) is 0 Å². The fourth-order valence-corrected chi connectivity index (χ4v) is 4.71. The maximum absolute atomic E-state index is 12.0. The highest BCUT2D eigenvalue weighted by Gasteiger charge is 2.31. The molecule has 38 heavy (non-hydrogen) atoms. The Bertz CT molecular complexity index is 1310. The molecule has 0 aromatic carbocycles. The average Bonchev–Trinajstić information content (AvgIpc) is 3.77. The van der Waals surface area contributed by atoms with Crippen LogP contribution in [0.1, 0.15) is 68.6 Å². The molecule has 0 spiro atoms. The number of aldehydes is 1. The number of amidine groups is 1. The first kappa shape index (κ1) is 27.6. The van der Waals surface area contributed by atoms with Gasteiger partial charge in [-0.15, -0.1) is 11.8 Å². The highest BCUT2D eigenvalue weighted by atomic mass is 32.2. The summed E-state index contributed by atoms with van der Waals surface area (Å²) in [7, 11) is 2.00. The van der Waals surface area contributed by atoms with Gasteiger partial charge in [0, 0.05) is 31.7 Å². The molecule has 0 aliphatic heterocycles. The summed E-state index contributed by atoms with van der Waals surface area (Å²) < 4.78 is 0. The molecule has 0 bridgehead atoms. The third-order valence-corrected chi connectivity index (χ3v) is 7.61. The second-order valence-electron chi connectivity index (χ2n) is 9.57. The number of nitrogens with zero attached hydrogens (tertiary/aromatic N) is 7. The van der Waals surface area contributed by atoms with Crippen molar-refractivity contribution in [3.8, 4) is 11.4 Å². The minimum Gasteiger partial charge on any atom is -0.363 e. The van der Waals surface area contributed by atoms with Crippen LogP contribution in [0.15, 0.2) is 34.7 Å². The van der Waals surface area contributed by atoms with E-state index in [2.05, 4.69) is 45.9 Å². The highest BCUT2D eigenvalue weighted by molar-refractivity contribution is 7.99. The van der Waals surface area contributed by atoms with Gasteiger partial charge in [0.25, 0.3) is 0 Å². The molecule has 200 valence electrons. The quantitative estimate of drug-likeness (QED) is 0.154. The Labute approximate surface area is 229 Å². The monoisotopic (exact) mass is 532 g/mol. The number of hydrogen-bond donors (Lipinski definition) is 1. The Hall–Kier alpha value is -3.40. The van der Waals surface area contributed by atoms with E-state index in [9.17, 15) is 4.79 Å². The van der Waals surface area contributed by atoms with Gasteiger partial charge in [-0.1, -0.05) is 19.9 Å². The molecule has 1 saturated carbocycles. The SMILES string of the molecule is CCSc1ccc(CN/C(C=O)=N/c2c(C)nc(-c3c(C)ncnc3C3CC3)nc2N(C)[C@@H](C)CC)cn1. The Morgan fingerprint density at radius 2 is 1.97 bits per heavy atom. The number of nitrogens with one attached hydrogen (secondary N) is 1. The summed E-state index contributed by atoms with van der Waals surface area (Å²) in [5.74, 6) is 2.89. The summed E-state index contributed by atoms with van der Waals surface area (Å²) in [5, 5.41) is 4.13. The standard InChI is InChI=1S/C28H36N8OS/c1-7-17(3)36(6)28-25(34-22(15-37)29-13-20-9-12-23(30-14-20)38-8-2)19(5)33-27(35-28)24-18(4)31-16-32-26(24)21-10-11-21/h9,12,14-17,21H,7-8,10-11,13H2,1-6H3,(H,29,34)/t17-/m0/s1. The fraction of sp³-hybridized carbons (Fsp3) is 0.464. The number of aromatic nitrogens is 5. The molecule has 0 unspecified atom stereocenters. The van der Waals surface area contributed by atoms with Crippen LogP contribution in [0.25, 0.3) is 11.4 Å². The summed E-state index contributed by atoms with van der Waals surface area (Å²) in [6.45, 7) is 10.7. The lowest BCUT2D eigenvalue weighted by Gasteiger charge is -2.27. The van der Waals surface area contributed by atoms with E-state index in [4.69, 9.17) is 15.0 Å². The van der Waals surface area contributed by atoms with Crippen molar-refractivity contribution in [2.75, 3.05) is 17.7 Å². The molecular formula is C28H36N8OS. The second kappa shape index (κ2) is 12.4. The van der Waals surface area contributed by atoms with Gasteiger partial charge in [0.15, 0.2) is 23.8 Å². The van der Waals surface area contributed by atoms with E-state index in [1.807, 2.05) is 39.2 Å². The van der Waals surface area contributed by atoms with Crippen LogP contribution in [-0.4, -0.2) is 55.9 Å². The van der Waals surface area contributed by atoms with Gasteiger partial charge in [0.05, 0.1) is 27.7 Å². The smallest absolute Gasteiger partial charge is 0.185 e. The second-order valence-corrected chi connectivity index (χ2v) is 10.9. The maximum Gasteiger partial charge on any atom is 0.185 e. The first-order chi connectivity index (χ1) is 18.4. The number of aryl methyl sites for hydroxylation is 2. The van der Waals surface area contributed by atoms with Gasteiger partial charge in [0.2, 0.25) is 0 Å². The molecule has 4 rings (SSSR count). The molecule has 0 radical (unpaired) electrons. The van der Waals surface area contributed by atoms with Gasteiger partial charge in [0.1, 0.15) is 12.0 Å². The lowest BCUT2D eigenvalue weighted by Crippen LogP contribution is -2.30. The number of rotatable bonds is 11. The predicted molar refractivity (Wildman–Crippen MR) is 153 cm³/mol. The van der Waals surface area contributed by atoms with Gasteiger partial charge >= 0.3 is 0 Å². The third kappa shape index (κ3) is 6.35. The van der Waals surface area contributed by atoms with Crippen LogP contribution in [-0.2, 0) is 11.3 Å². The first-order valence-corrected chi connectivity index (χ1v) is 14.1. The van der Waals surface area contributed by atoms with E-state index in [-0.39, 0.29) is 11.9 Å². The summed E-state index contributed by atoms with van der Waals surface area (Å²) in [6.07, 6.45) is 7.34. The zero-order valence-corrected chi connectivity index (χ0v) is 23.8. The van der Waals surface area contributed by atoms with Crippen molar-refractivity contribution in [3.05, 3.63) is 47.3 Å². The van der Waals surface area contributed by atoms with Crippen molar-refractivity contribution in [2.24, 2.45) is 4.99 Å². The van der Waals surface area contributed by atoms with Crippen LogP contribution in [0.5, 0.6) is 0 Å². The molecule has 1 N–H and O–H groups in total. The van der Waals surface area contributed by atoms with Crippen LogP contribution < -0.4 is 10.2 Å². The van der Waals surface area contributed by atoms with Crippen LogP contribution in [0.2, 0.25) is 0 Å². The Kier molecular flexibility index (Phi) is 9.04. The van der Waals surface area contributed by atoms with Crippen LogP contribution >= 0.6 is 11.8 Å². The molecule has 1 atom stereocenters. The number of aliphatic imine (C=N–C) groups is 1. The van der Waals surface area contributed by atoms with Crippen LogP contribution in [0, 0.1) is 13.8 Å². The predicted octanol–water partition coefficient (Wildman–Crippen LogP) is 5.19. The van der Waals surface area contributed by atoms with E-state index in [0.29, 0.717) is 35.5 Å². The molecule has 3 heterocycles. The van der Waals surface area contributed by atoms with E-state index < -0.39 is 0 Å². The largest absolute Gasteiger partial charge is 0.363 e. The minimum absolute atomic E-state index is 0.209. The number of pyridine rings is 1. The summed E-state index contributed by atoms with van der Waals surface area (Å²) in [6, 6.07) is 4.21. The van der Waals surface area contributed by atoms with Crippen molar-refractivity contribution in [2.45, 2.75) is 77.4 Å². The molecule has 1 aliphatic rings. The molecule has 1 aliphatic carbocycles. The molecule has 9 nitrogen and oxygen atoms in total. The van der Waals surface area contributed by atoms with E-state index in [0.717, 1.165) is 58.8 Å². The molecule has 0 saturated heterocycles. The van der Waals surface area contributed by atoms with Crippen molar-refractivity contribution in [1.82, 2.24) is 30.2 Å². The Balaban J connectivity index is 1.71. The normalized spacial score (nSPS) is 14.3. The molecule has 0 amide bonds. The van der Waals surface area contributed by atoms with Gasteiger partial charge in [-0.2, -0.15) is 0 Å². The maximum atomic E-state index is 12.0. The molecular weight excluding hydrogens is 496 g/mol. The lowest BCUT2D eigenvalue weighted by molar-refractivity contribution is -0.102. The van der Waals surface area contributed by atoms with Crippen LogP contribution in [0.3, 0.4) is 0 Å². The molecule has 3 aromatic heterocycles. The average molecular weight is 533 g/mol. The van der Waals surface area contributed by atoms with Crippen molar-refractivity contribution >= 4 is 35.4 Å². The van der Waals surface area contributed by atoms with Crippen molar-refractivity contribution in [1.29, 1.82) is 0 Å². The molecule has 3 aromatic rings. The number of hydrogen-bond acceptors (Lipinski definition) is 9. The zero-order chi connectivity index (χ0) is 27.2. The Morgan fingerprint density at radius 3 is 2.61 bits per heavy atom. The number of carbonyl (C=O) groups excluding carboxylic acids is 1. The summed E-state index contributed by atoms with van der Waals surface area (Å²) in [4.78, 5) is 42.2. The zero-order valence-electron chi connectivity index (χ0n) is 23.0. The van der Waals surface area contributed by atoms with Gasteiger partial charge in [-0.25, -0.2) is 29.9 Å². The van der Waals surface area contributed by atoms with E-state index in [1.165, 1.54) is 0 Å². The summed E-state index contributed by atoms with van der Waals surface area (Å²) in [5.41, 5.74) is 5.00. The number of carbonyl (C=O) groups is 1. The Morgan fingerprint density at radius 1 is 1.18 bits per heavy atom. The number of anilines is 1. The third-order valence-electron chi connectivity index (χ3n) is 6.79. The summed E-state index contributed by atoms with van der Waals surface area (Å²) >= 11 is 1.69. The van der Waals surface area contributed by atoms with E-state index in [1.54, 1.807) is 18.1 Å². The van der Waals surface area contributed by atoms with Gasteiger partial charge in [-0.3, -0.25) is 4.79 Å². The first-order valence-electron chi connectivity index (χ1n) is 13.1.